The number of amides is 1. The van der Waals surface area contributed by atoms with Gasteiger partial charge in [0.25, 0.3) is 5.91 Å². The molecule has 1 aromatic heterocycles. The number of carbonyl (C=O) groups excluding carboxylic acids is 2. The first kappa shape index (κ1) is 19.2. The van der Waals surface area contributed by atoms with Gasteiger partial charge >= 0.3 is 0 Å². The van der Waals surface area contributed by atoms with Crippen molar-refractivity contribution >= 4 is 17.4 Å². The van der Waals surface area contributed by atoms with Gasteiger partial charge in [-0.3, -0.25) is 9.59 Å². The number of nitrogens with zero attached hydrogens (tertiary/aromatic N) is 1. The third-order valence-corrected chi connectivity index (χ3v) is 5.23. The van der Waals surface area contributed by atoms with Crippen LogP contribution in [0.1, 0.15) is 70.8 Å². The number of H-pyrrole nitrogens is 1. The van der Waals surface area contributed by atoms with E-state index in [9.17, 15) is 9.59 Å². The van der Waals surface area contributed by atoms with Gasteiger partial charge in [0.05, 0.1) is 0 Å². The summed E-state index contributed by atoms with van der Waals surface area (Å²) in [4.78, 5) is 30.2. The summed E-state index contributed by atoms with van der Waals surface area (Å²) in [6, 6.07) is 8.40. The molecular weight excluding hydrogens is 338 g/mol. The lowest BCUT2D eigenvalue weighted by Gasteiger charge is -2.17. The number of rotatable bonds is 7. The molecule has 3 rings (SSSR count). The van der Waals surface area contributed by atoms with Crippen LogP contribution < -0.4 is 10.2 Å². The van der Waals surface area contributed by atoms with Crippen LogP contribution in [0.15, 0.2) is 24.3 Å². The molecule has 27 heavy (non-hydrogen) atoms. The molecule has 1 aliphatic heterocycles. The zero-order valence-electron chi connectivity index (χ0n) is 16.5. The first-order valence-electron chi connectivity index (χ1n) is 9.85. The second-order valence-corrected chi connectivity index (χ2v) is 7.33. The van der Waals surface area contributed by atoms with Gasteiger partial charge in [-0.15, -0.1) is 0 Å². The molecular formula is C22H29N3O2. The lowest BCUT2D eigenvalue weighted by molar-refractivity contribution is 0.0945. The van der Waals surface area contributed by atoms with Gasteiger partial charge < -0.3 is 15.2 Å². The molecule has 0 atom stereocenters. The molecule has 144 valence electrons. The third-order valence-electron chi connectivity index (χ3n) is 5.23. The van der Waals surface area contributed by atoms with Crippen LogP contribution in [0.25, 0.3) is 0 Å². The minimum atomic E-state index is -0.155. The number of hydrogen-bond donors (Lipinski definition) is 2. The molecule has 5 heteroatoms. The van der Waals surface area contributed by atoms with E-state index in [0.29, 0.717) is 24.2 Å². The molecule has 0 bridgehead atoms. The van der Waals surface area contributed by atoms with Crippen LogP contribution >= 0.6 is 0 Å². The molecule has 0 saturated carbocycles. The van der Waals surface area contributed by atoms with E-state index >= 15 is 0 Å². The van der Waals surface area contributed by atoms with E-state index in [1.54, 1.807) is 6.92 Å². The Hall–Kier alpha value is -2.56. The van der Waals surface area contributed by atoms with E-state index in [1.165, 1.54) is 18.5 Å². The molecule has 1 aliphatic rings. The Morgan fingerprint density at radius 3 is 2.41 bits per heavy atom. The van der Waals surface area contributed by atoms with Crippen LogP contribution in [0.3, 0.4) is 0 Å². The number of hydrogen-bond acceptors (Lipinski definition) is 3. The number of aryl methyl sites for hydroxylation is 1. The van der Waals surface area contributed by atoms with Gasteiger partial charge in [0.1, 0.15) is 5.69 Å². The number of benzene rings is 1. The number of Topliss-reactive ketones (excluding diaryl/α,β-unsaturated/α-hetero) is 1. The zero-order chi connectivity index (χ0) is 19.4. The van der Waals surface area contributed by atoms with Crippen LogP contribution in [-0.4, -0.2) is 29.8 Å². The van der Waals surface area contributed by atoms with Crippen LogP contribution in [0, 0.1) is 6.92 Å². The Kier molecular flexibility index (Phi) is 5.99. The number of nitrogens with one attached hydrogen (secondary N) is 2. The highest BCUT2D eigenvalue weighted by atomic mass is 16.2. The second kappa shape index (κ2) is 8.42. The standard InChI is InChI=1S/C22H29N3O2/c1-4-7-19-20(16(3)26)15(2)24-21(19)22(27)23-14-17-8-10-18(11-9-17)25-12-5-6-13-25/h8-11,24H,4-7,12-14H2,1-3H3,(H,23,27). The van der Waals surface area contributed by atoms with Crippen molar-refractivity contribution in [3.8, 4) is 0 Å². The van der Waals surface area contributed by atoms with Crippen molar-refractivity contribution in [1.29, 1.82) is 0 Å². The van der Waals surface area contributed by atoms with Gasteiger partial charge in [-0.25, -0.2) is 0 Å². The highest BCUT2D eigenvalue weighted by molar-refractivity contribution is 6.02. The van der Waals surface area contributed by atoms with E-state index in [4.69, 9.17) is 0 Å². The molecule has 5 nitrogen and oxygen atoms in total. The number of ketones is 1. The van der Waals surface area contributed by atoms with Crippen molar-refractivity contribution in [3.05, 3.63) is 52.3 Å². The predicted octanol–water partition coefficient (Wildman–Crippen LogP) is 4.01. The van der Waals surface area contributed by atoms with Crippen molar-refractivity contribution in [2.24, 2.45) is 0 Å². The summed E-state index contributed by atoms with van der Waals surface area (Å²) in [6.45, 7) is 8.18. The van der Waals surface area contributed by atoms with Gasteiger partial charge in [-0.05, 0) is 56.4 Å². The second-order valence-electron chi connectivity index (χ2n) is 7.33. The molecule has 1 amide bonds. The average molecular weight is 367 g/mol. The molecule has 0 unspecified atom stereocenters. The summed E-state index contributed by atoms with van der Waals surface area (Å²) in [5.74, 6) is -0.151. The maximum Gasteiger partial charge on any atom is 0.268 e. The third kappa shape index (κ3) is 4.24. The molecule has 1 fully saturated rings. The Balaban J connectivity index is 1.68. The van der Waals surface area contributed by atoms with Gasteiger partial charge in [-0.1, -0.05) is 25.5 Å². The first-order valence-corrected chi connectivity index (χ1v) is 9.85. The predicted molar refractivity (Wildman–Crippen MR) is 109 cm³/mol. The van der Waals surface area contributed by atoms with Gasteiger partial charge in [0, 0.05) is 36.6 Å². The summed E-state index contributed by atoms with van der Waals surface area (Å²) in [5.41, 5.74) is 5.11. The number of carbonyl (C=O) groups is 2. The SMILES string of the molecule is CCCc1c(C(=O)NCc2ccc(N3CCCC3)cc2)[nH]c(C)c1C(C)=O. The van der Waals surface area contributed by atoms with Gasteiger partial charge in [-0.2, -0.15) is 0 Å². The zero-order valence-corrected chi connectivity index (χ0v) is 16.5. The van der Waals surface area contributed by atoms with Crippen LogP contribution in [0.2, 0.25) is 0 Å². The molecule has 0 spiro atoms. The Labute approximate surface area is 161 Å². The van der Waals surface area contributed by atoms with Crippen LogP contribution in [-0.2, 0) is 13.0 Å². The lowest BCUT2D eigenvalue weighted by atomic mass is 10.0. The van der Waals surface area contributed by atoms with E-state index < -0.39 is 0 Å². The monoisotopic (exact) mass is 367 g/mol. The summed E-state index contributed by atoms with van der Waals surface area (Å²) >= 11 is 0. The fourth-order valence-corrected chi connectivity index (χ4v) is 3.92. The molecule has 2 heterocycles. The summed E-state index contributed by atoms with van der Waals surface area (Å²) in [7, 11) is 0. The van der Waals surface area contributed by atoms with Crippen molar-refractivity contribution in [2.75, 3.05) is 18.0 Å². The van der Waals surface area contributed by atoms with Crippen LogP contribution in [0.4, 0.5) is 5.69 Å². The first-order chi connectivity index (χ1) is 13.0. The molecule has 1 saturated heterocycles. The fourth-order valence-electron chi connectivity index (χ4n) is 3.92. The highest BCUT2D eigenvalue weighted by Gasteiger charge is 2.22. The Morgan fingerprint density at radius 1 is 1.15 bits per heavy atom. The molecule has 1 aromatic carbocycles. The maximum absolute atomic E-state index is 12.7. The molecule has 0 radical (unpaired) electrons. The maximum atomic E-state index is 12.7. The number of anilines is 1. The van der Waals surface area contributed by atoms with E-state index in [-0.39, 0.29) is 11.7 Å². The highest BCUT2D eigenvalue weighted by Crippen LogP contribution is 2.22. The number of aromatic nitrogens is 1. The Bertz CT molecular complexity index is 815. The van der Waals surface area contributed by atoms with Gasteiger partial charge in [0.2, 0.25) is 0 Å². The molecule has 2 N–H and O–H groups in total. The smallest absolute Gasteiger partial charge is 0.268 e. The average Bonchev–Trinajstić information content (AvgIpc) is 3.29. The topological polar surface area (TPSA) is 65.2 Å². The van der Waals surface area contributed by atoms with E-state index in [2.05, 4.69) is 46.4 Å². The quantitative estimate of drug-likeness (QED) is 0.727. The van der Waals surface area contributed by atoms with Crippen molar-refractivity contribution in [2.45, 2.75) is 53.0 Å². The largest absolute Gasteiger partial charge is 0.372 e. The van der Waals surface area contributed by atoms with Gasteiger partial charge in [0.15, 0.2) is 5.78 Å². The summed E-state index contributed by atoms with van der Waals surface area (Å²) in [6.07, 6.45) is 4.12. The fraction of sp³-hybridized carbons (Fsp3) is 0.455. The van der Waals surface area contributed by atoms with E-state index in [1.807, 2.05) is 6.92 Å². The summed E-state index contributed by atoms with van der Waals surface area (Å²) < 4.78 is 0. The van der Waals surface area contributed by atoms with Crippen molar-refractivity contribution in [3.63, 3.8) is 0 Å². The number of aromatic amines is 1. The minimum Gasteiger partial charge on any atom is -0.372 e. The van der Waals surface area contributed by atoms with Crippen LogP contribution in [0.5, 0.6) is 0 Å². The molecule has 2 aromatic rings. The minimum absolute atomic E-state index is 0.00347. The summed E-state index contributed by atoms with van der Waals surface area (Å²) in [5, 5.41) is 2.99. The van der Waals surface area contributed by atoms with E-state index in [0.717, 1.165) is 36.3 Å². The lowest BCUT2D eigenvalue weighted by Crippen LogP contribution is -2.24. The Morgan fingerprint density at radius 2 is 1.81 bits per heavy atom. The normalized spacial score (nSPS) is 13.8. The van der Waals surface area contributed by atoms with Crippen molar-refractivity contribution in [1.82, 2.24) is 10.3 Å². The molecule has 0 aliphatic carbocycles. The van der Waals surface area contributed by atoms with Crippen molar-refractivity contribution < 1.29 is 9.59 Å².